The Balaban J connectivity index is 1.58. The van der Waals surface area contributed by atoms with Crippen molar-refractivity contribution >= 4 is 23.0 Å². The lowest BCUT2D eigenvalue weighted by Crippen LogP contribution is -2.42. The number of benzene rings is 2. The van der Waals surface area contributed by atoms with Crippen LogP contribution in [0, 0.1) is 0 Å². The Morgan fingerprint density at radius 2 is 1.47 bits per heavy atom. The van der Waals surface area contributed by atoms with Crippen LogP contribution in [0.15, 0.2) is 54.6 Å². The molecule has 0 saturated carbocycles. The number of para-hydroxylation sites is 3. The first-order valence-electron chi connectivity index (χ1n) is 5.86. The van der Waals surface area contributed by atoms with Crippen LogP contribution in [0.25, 0.3) is 0 Å². The van der Waals surface area contributed by atoms with E-state index in [4.69, 9.17) is 21.7 Å². The maximum Gasteiger partial charge on any atom is 0.326 e. The van der Waals surface area contributed by atoms with Crippen LogP contribution in [0.3, 0.4) is 0 Å². The van der Waals surface area contributed by atoms with Gasteiger partial charge < -0.3 is 14.8 Å². The molecule has 0 radical (unpaired) electrons. The van der Waals surface area contributed by atoms with E-state index < -0.39 is 6.41 Å². The predicted molar refractivity (Wildman–Crippen MR) is 77.3 cm³/mol. The van der Waals surface area contributed by atoms with Crippen molar-refractivity contribution in [1.82, 2.24) is 5.32 Å². The van der Waals surface area contributed by atoms with Crippen molar-refractivity contribution in [3.63, 3.8) is 0 Å². The topological polar surface area (TPSA) is 42.5 Å². The molecule has 0 aromatic heterocycles. The average Bonchev–Trinajstić information content (AvgIpc) is 2.81. The first kappa shape index (κ1) is 11.8. The van der Waals surface area contributed by atoms with Crippen LogP contribution < -0.4 is 20.1 Å². The van der Waals surface area contributed by atoms with Gasteiger partial charge in [0.1, 0.15) is 0 Å². The molecule has 96 valence electrons. The lowest BCUT2D eigenvalue weighted by atomic mass is 10.3. The highest BCUT2D eigenvalue weighted by Crippen LogP contribution is 2.32. The molecule has 2 N–H and O–H groups in total. The molecule has 1 aliphatic heterocycles. The van der Waals surface area contributed by atoms with E-state index in [0.717, 1.165) is 5.69 Å². The zero-order valence-electron chi connectivity index (χ0n) is 10.00. The Hall–Kier alpha value is -2.27. The van der Waals surface area contributed by atoms with Gasteiger partial charge in [-0.15, -0.1) is 0 Å². The predicted octanol–water partition coefficient (Wildman–Crippen LogP) is 2.73. The zero-order valence-corrected chi connectivity index (χ0v) is 10.8. The molecule has 19 heavy (non-hydrogen) atoms. The Bertz CT molecular complexity index is 564. The van der Waals surface area contributed by atoms with Gasteiger partial charge in [-0.1, -0.05) is 30.3 Å². The van der Waals surface area contributed by atoms with E-state index >= 15 is 0 Å². The number of hydrogen-bond acceptors (Lipinski definition) is 3. The molecule has 1 heterocycles. The van der Waals surface area contributed by atoms with E-state index in [1.165, 1.54) is 0 Å². The van der Waals surface area contributed by atoms with Gasteiger partial charge in [-0.3, -0.25) is 5.32 Å². The monoisotopic (exact) mass is 272 g/mol. The van der Waals surface area contributed by atoms with E-state index in [2.05, 4.69) is 10.6 Å². The minimum atomic E-state index is -0.596. The molecule has 5 heteroatoms. The van der Waals surface area contributed by atoms with Crippen molar-refractivity contribution in [2.75, 3.05) is 5.32 Å². The number of rotatable bonds is 2. The summed E-state index contributed by atoms with van der Waals surface area (Å²) in [5, 5.41) is 6.45. The standard InChI is InChI=1S/C14H12N2O2S/c19-13(15-10-6-2-1-3-7-10)16-14-17-11-8-4-5-9-12(11)18-14/h1-9,14H,(H2,15,16,19). The molecular weight excluding hydrogens is 260 g/mol. The van der Waals surface area contributed by atoms with Gasteiger partial charge in [0.05, 0.1) is 0 Å². The highest BCUT2D eigenvalue weighted by atomic mass is 32.1. The third-order valence-corrected chi connectivity index (χ3v) is 2.82. The third-order valence-electron chi connectivity index (χ3n) is 2.60. The molecule has 0 spiro atoms. The van der Waals surface area contributed by atoms with E-state index in [1.807, 2.05) is 54.6 Å². The van der Waals surface area contributed by atoms with Crippen molar-refractivity contribution in [3.05, 3.63) is 54.6 Å². The Morgan fingerprint density at radius 1 is 0.895 bits per heavy atom. The fraction of sp³-hybridized carbons (Fsp3) is 0.0714. The molecule has 1 aliphatic rings. The van der Waals surface area contributed by atoms with E-state index in [-0.39, 0.29) is 0 Å². The fourth-order valence-electron chi connectivity index (χ4n) is 1.75. The Morgan fingerprint density at radius 3 is 2.11 bits per heavy atom. The van der Waals surface area contributed by atoms with Gasteiger partial charge >= 0.3 is 6.41 Å². The molecular formula is C14H12N2O2S. The third kappa shape index (κ3) is 2.77. The number of thiocarbonyl (C=S) groups is 1. The van der Waals surface area contributed by atoms with E-state index in [0.29, 0.717) is 16.6 Å². The summed E-state index contributed by atoms with van der Waals surface area (Å²) in [4.78, 5) is 0. The average molecular weight is 272 g/mol. The van der Waals surface area contributed by atoms with Crippen molar-refractivity contribution in [3.8, 4) is 11.5 Å². The molecule has 0 atom stereocenters. The highest BCUT2D eigenvalue weighted by Gasteiger charge is 2.23. The van der Waals surface area contributed by atoms with Gasteiger partial charge in [0.2, 0.25) is 0 Å². The minimum Gasteiger partial charge on any atom is -0.433 e. The maximum atomic E-state index is 5.55. The number of fused-ring (bicyclic) bond motifs is 1. The molecule has 2 aromatic rings. The maximum absolute atomic E-state index is 5.55. The normalized spacial score (nSPS) is 13.1. The molecule has 0 aliphatic carbocycles. The van der Waals surface area contributed by atoms with E-state index in [9.17, 15) is 0 Å². The minimum absolute atomic E-state index is 0.448. The summed E-state index contributed by atoms with van der Waals surface area (Å²) in [6.45, 7) is 0. The van der Waals surface area contributed by atoms with Crippen LogP contribution in [0.1, 0.15) is 0 Å². The molecule has 0 bridgehead atoms. The van der Waals surface area contributed by atoms with Crippen molar-refractivity contribution < 1.29 is 9.47 Å². The summed E-state index contributed by atoms with van der Waals surface area (Å²) in [6, 6.07) is 17.2. The number of nitrogens with one attached hydrogen (secondary N) is 2. The molecule has 0 amide bonds. The first-order chi connectivity index (χ1) is 9.31. The van der Waals surface area contributed by atoms with Gasteiger partial charge in [-0.2, -0.15) is 0 Å². The number of anilines is 1. The zero-order chi connectivity index (χ0) is 13.1. The summed E-state index contributed by atoms with van der Waals surface area (Å²) >= 11 is 5.20. The molecule has 3 rings (SSSR count). The number of hydrogen-bond donors (Lipinski definition) is 2. The van der Waals surface area contributed by atoms with Crippen LogP contribution in [-0.4, -0.2) is 11.5 Å². The van der Waals surface area contributed by atoms with Gasteiger partial charge in [-0.05, 0) is 36.5 Å². The summed E-state index contributed by atoms with van der Waals surface area (Å²) in [7, 11) is 0. The van der Waals surface area contributed by atoms with Crippen molar-refractivity contribution in [2.45, 2.75) is 6.41 Å². The van der Waals surface area contributed by atoms with Gasteiger partial charge in [-0.25, -0.2) is 0 Å². The van der Waals surface area contributed by atoms with Crippen LogP contribution in [-0.2, 0) is 0 Å². The first-order valence-corrected chi connectivity index (χ1v) is 6.27. The highest BCUT2D eigenvalue weighted by molar-refractivity contribution is 7.80. The summed E-state index contributed by atoms with van der Waals surface area (Å²) in [5.41, 5.74) is 0.913. The Labute approximate surface area is 116 Å². The largest absolute Gasteiger partial charge is 0.433 e. The second kappa shape index (κ2) is 5.16. The second-order valence-corrected chi connectivity index (χ2v) is 4.39. The van der Waals surface area contributed by atoms with Crippen LogP contribution in [0.5, 0.6) is 11.5 Å². The Kier molecular flexibility index (Phi) is 3.20. The summed E-state index contributed by atoms with van der Waals surface area (Å²) < 4.78 is 11.1. The fourth-order valence-corrected chi connectivity index (χ4v) is 1.97. The molecule has 0 saturated heterocycles. The van der Waals surface area contributed by atoms with E-state index in [1.54, 1.807) is 0 Å². The van der Waals surface area contributed by atoms with Gasteiger partial charge in [0, 0.05) is 5.69 Å². The molecule has 4 nitrogen and oxygen atoms in total. The molecule has 0 unspecified atom stereocenters. The van der Waals surface area contributed by atoms with Gasteiger partial charge in [0.15, 0.2) is 16.6 Å². The summed E-state index contributed by atoms with van der Waals surface area (Å²) in [5.74, 6) is 1.42. The summed E-state index contributed by atoms with van der Waals surface area (Å²) in [6.07, 6.45) is -0.596. The number of ether oxygens (including phenoxy) is 2. The van der Waals surface area contributed by atoms with Crippen LogP contribution in [0.4, 0.5) is 5.69 Å². The lowest BCUT2D eigenvalue weighted by molar-refractivity contribution is 0.0369. The quantitative estimate of drug-likeness (QED) is 0.823. The van der Waals surface area contributed by atoms with Crippen molar-refractivity contribution in [2.24, 2.45) is 0 Å². The molecule has 0 fully saturated rings. The second-order valence-electron chi connectivity index (χ2n) is 3.98. The lowest BCUT2D eigenvalue weighted by Gasteiger charge is -2.15. The molecule has 2 aromatic carbocycles. The van der Waals surface area contributed by atoms with Crippen LogP contribution in [0.2, 0.25) is 0 Å². The van der Waals surface area contributed by atoms with Gasteiger partial charge in [0.25, 0.3) is 0 Å². The van der Waals surface area contributed by atoms with Crippen molar-refractivity contribution in [1.29, 1.82) is 0 Å². The SMILES string of the molecule is S=C(Nc1ccccc1)NC1Oc2ccccc2O1. The smallest absolute Gasteiger partial charge is 0.326 e. The van der Waals surface area contributed by atoms with Crippen LogP contribution >= 0.6 is 12.2 Å².